The zero-order chi connectivity index (χ0) is 19.9. The Morgan fingerprint density at radius 3 is 2.39 bits per heavy atom. The lowest BCUT2D eigenvalue weighted by Crippen LogP contribution is -2.14. The fourth-order valence-electron chi connectivity index (χ4n) is 2.60. The van der Waals surface area contributed by atoms with Crippen molar-refractivity contribution in [1.82, 2.24) is 9.97 Å². The molecule has 0 aliphatic heterocycles. The highest BCUT2D eigenvalue weighted by Gasteiger charge is 2.06. The van der Waals surface area contributed by atoms with E-state index in [1.807, 2.05) is 50.2 Å². The summed E-state index contributed by atoms with van der Waals surface area (Å²) in [5.74, 6) is 1.72. The van der Waals surface area contributed by atoms with Gasteiger partial charge < -0.3 is 15.4 Å². The number of hydrogen-bond acceptors (Lipinski definition) is 5. The van der Waals surface area contributed by atoms with Crippen LogP contribution in [-0.4, -0.2) is 22.5 Å². The Balaban J connectivity index is 1.60. The molecule has 144 valence electrons. The Morgan fingerprint density at radius 1 is 1.04 bits per heavy atom. The van der Waals surface area contributed by atoms with E-state index in [2.05, 4.69) is 20.6 Å². The lowest BCUT2D eigenvalue weighted by molar-refractivity contribution is -0.115. The molecule has 0 saturated carbocycles. The summed E-state index contributed by atoms with van der Waals surface area (Å²) in [5, 5.41) is 6.75. The molecule has 6 nitrogen and oxygen atoms in total. The van der Waals surface area contributed by atoms with E-state index in [1.54, 1.807) is 18.2 Å². The molecule has 2 aromatic carbocycles. The number of carbonyl (C=O) groups excluding carboxylic acids is 1. The summed E-state index contributed by atoms with van der Waals surface area (Å²) in [4.78, 5) is 20.8. The molecule has 0 saturated heterocycles. The Bertz CT molecular complexity index is 944. The minimum atomic E-state index is -0.0872. The first-order chi connectivity index (χ1) is 13.5. The number of aryl methyl sites for hydroxylation is 1. The summed E-state index contributed by atoms with van der Waals surface area (Å²) < 4.78 is 5.44. The predicted molar refractivity (Wildman–Crippen MR) is 111 cm³/mol. The third-order valence-corrected chi connectivity index (χ3v) is 4.08. The minimum absolute atomic E-state index is 0.0872. The maximum absolute atomic E-state index is 12.2. The van der Waals surface area contributed by atoms with Gasteiger partial charge in [-0.05, 0) is 55.8 Å². The number of halogens is 1. The van der Waals surface area contributed by atoms with Crippen LogP contribution in [0.4, 0.5) is 17.2 Å². The number of carbonyl (C=O) groups is 1. The lowest BCUT2D eigenvalue weighted by atomic mass is 10.1. The minimum Gasteiger partial charge on any atom is -0.478 e. The molecule has 1 heterocycles. The topological polar surface area (TPSA) is 76.1 Å². The largest absolute Gasteiger partial charge is 0.478 e. The van der Waals surface area contributed by atoms with Crippen molar-refractivity contribution in [2.24, 2.45) is 0 Å². The Morgan fingerprint density at radius 2 is 1.71 bits per heavy atom. The quantitative estimate of drug-likeness (QED) is 0.602. The fourth-order valence-corrected chi connectivity index (χ4v) is 2.73. The third-order valence-electron chi connectivity index (χ3n) is 3.83. The van der Waals surface area contributed by atoms with Crippen molar-refractivity contribution in [3.63, 3.8) is 0 Å². The lowest BCUT2D eigenvalue weighted by Gasteiger charge is -2.10. The van der Waals surface area contributed by atoms with Gasteiger partial charge in [-0.25, -0.2) is 4.98 Å². The Kier molecular flexibility index (Phi) is 6.45. The number of rotatable bonds is 7. The van der Waals surface area contributed by atoms with Crippen LogP contribution in [0.5, 0.6) is 5.88 Å². The highest BCUT2D eigenvalue weighted by molar-refractivity contribution is 6.30. The molecular formula is C21H21ClN4O2. The summed E-state index contributed by atoms with van der Waals surface area (Å²) >= 11 is 5.86. The molecule has 0 fully saturated rings. The molecule has 7 heteroatoms. The average Bonchev–Trinajstić information content (AvgIpc) is 2.65. The molecular weight excluding hydrogens is 376 g/mol. The van der Waals surface area contributed by atoms with E-state index < -0.39 is 0 Å². The Hall–Kier alpha value is -3.12. The Labute approximate surface area is 168 Å². The van der Waals surface area contributed by atoms with E-state index in [1.165, 1.54) is 0 Å². The van der Waals surface area contributed by atoms with Gasteiger partial charge in [0.15, 0.2) is 0 Å². The highest BCUT2D eigenvalue weighted by atomic mass is 35.5. The number of amides is 1. The average molecular weight is 397 g/mol. The normalized spacial score (nSPS) is 10.4. The molecule has 0 radical (unpaired) electrons. The van der Waals surface area contributed by atoms with Gasteiger partial charge in [0, 0.05) is 22.5 Å². The summed E-state index contributed by atoms with van der Waals surface area (Å²) in [6.45, 7) is 4.26. The van der Waals surface area contributed by atoms with Crippen LogP contribution in [0.1, 0.15) is 18.3 Å². The van der Waals surface area contributed by atoms with Crippen LogP contribution in [0.25, 0.3) is 0 Å². The van der Waals surface area contributed by atoms with Crippen molar-refractivity contribution >= 4 is 34.7 Å². The molecule has 0 spiro atoms. The number of nitrogens with zero attached hydrogens (tertiary/aromatic N) is 2. The second kappa shape index (κ2) is 9.19. The van der Waals surface area contributed by atoms with Crippen LogP contribution in [0.2, 0.25) is 5.02 Å². The van der Waals surface area contributed by atoms with Crippen molar-refractivity contribution in [3.05, 3.63) is 71.0 Å². The molecule has 3 aromatic rings. The van der Waals surface area contributed by atoms with E-state index in [-0.39, 0.29) is 12.3 Å². The molecule has 1 amide bonds. The van der Waals surface area contributed by atoms with Gasteiger partial charge in [0.25, 0.3) is 0 Å². The highest BCUT2D eigenvalue weighted by Crippen LogP contribution is 2.20. The molecule has 0 atom stereocenters. The van der Waals surface area contributed by atoms with Crippen LogP contribution in [0.3, 0.4) is 0 Å². The van der Waals surface area contributed by atoms with Crippen molar-refractivity contribution in [2.45, 2.75) is 20.3 Å². The van der Waals surface area contributed by atoms with Gasteiger partial charge in [0.2, 0.25) is 11.8 Å². The van der Waals surface area contributed by atoms with Gasteiger partial charge in [0.05, 0.1) is 13.0 Å². The number of hydrogen-bond donors (Lipinski definition) is 2. The number of ether oxygens (including phenoxy) is 1. The van der Waals surface area contributed by atoms with Crippen molar-refractivity contribution in [2.75, 3.05) is 17.2 Å². The summed E-state index contributed by atoms with van der Waals surface area (Å²) in [5.41, 5.74) is 2.47. The first-order valence-corrected chi connectivity index (χ1v) is 9.29. The van der Waals surface area contributed by atoms with E-state index in [0.29, 0.717) is 29.2 Å². The molecule has 1 aromatic heterocycles. The van der Waals surface area contributed by atoms with Crippen LogP contribution in [0.15, 0.2) is 54.6 Å². The molecule has 0 aliphatic rings. The standard InChI is InChI=1S/C21H21ClN4O2/c1-3-28-21-13-19(23-14(2)24-21)25-17-8-10-18(11-9-17)26-20(27)12-15-4-6-16(22)7-5-15/h4-11,13H,3,12H2,1-2H3,(H,26,27)(H,23,24,25). The summed E-state index contributed by atoms with van der Waals surface area (Å²) in [6, 6.07) is 16.4. The third kappa shape index (κ3) is 5.69. The predicted octanol–water partition coefficient (Wildman–Crippen LogP) is 4.76. The van der Waals surface area contributed by atoms with Crippen molar-refractivity contribution < 1.29 is 9.53 Å². The second-order valence-corrected chi connectivity index (χ2v) is 6.56. The molecule has 2 N–H and O–H groups in total. The smallest absolute Gasteiger partial charge is 0.228 e. The summed E-state index contributed by atoms with van der Waals surface area (Å²) in [6.07, 6.45) is 0.289. The van der Waals surface area contributed by atoms with E-state index >= 15 is 0 Å². The molecule has 28 heavy (non-hydrogen) atoms. The van der Waals surface area contributed by atoms with Gasteiger partial charge in [-0.3, -0.25) is 4.79 Å². The molecule has 0 unspecified atom stereocenters. The van der Waals surface area contributed by atoms with Gasteiger partial charge in [-0.2, -0.15) is 4.98 Å². The maximum Gasteiger partial charge on any atom is 0.228 e. The summed E-state index contributed by atoms with van der Waals surface area (Å²) in [7, 11) is 0. The zero-order valence-electron chi connectivity index (χ0n) is 15.7. The number of benzene rings is 2. The second-order valence-electron chi connectivity index (χ2n) is 6.13. The van der Waals surface area contributed by atoms with Crippen LogP contribution < -0.4 is 15.4 Å². The maximum atomic E-state index is 12.2. The molecule has 3 rings (SSSR count). The van der Waals surface area contributed by atoms with Crippen molar-refractivity contribution in [3.8, 4) is 5.88 Å². The SMILES string of the molecule is CCOc1cc(Nc2ccc(NC(=O)Cc3ccc(Cl)cc3)cc2)nc(C)n1. The molecule has 0 bridgehead atoms. The van der Waals surface area contributed by atoms with E-state index in [0.717, 1.165) is 16.9 Å². The monoisotopic (exact) mass is 396 g/mol. The molecule has 0 aliphatic carbocycles. The van der Waals surface area contributed by atoms with Gasteiger partial charge >= 0.3 is 0 Å². The van der Waals surface area contributed by atoms with Gasteiger partial charge in [-0.15, -0.1) is 0 Å². The van der Waals surface area contributed by atoms with Crippen LogP contribution >= 0.6 is 11.6 Å². The van der Waals surface area contributed by atoms with Crippen LogP contribution in [-0.2, 0) is 11.2 Å². The number of nitrogens with one attached hydrogen (secondary N) is 2. The number of anilines is 3. The van der Waals surface area contributed by atoms with Gasteiger partial charge in [-0.1, -0.05) is 23.7 Å². The first kappa shape index (κ1) is 19.6. The van der Waals surface area contributed by atoms with Gasteiger partial charge in [0.1, 0.15) is 11.6 Å². The zero-order valence-corrected chi connectivity index (χ0v) is 16.5. The van der Waals surface area contributed by atoms with E-state index in [9.17, 15) is 4.79 Å². The number of aromatic nitrogens is 2. The van der Waals surface area contributed by atoms with Crippen LogP contribution in [0, 0.1) is 6.92 Å². The fraction of sp³-hybridized carbons (Fsp3) is 0.190. The first-order valence-electron chi connectivity index (χ1n) is 8.91. The van der Waals surface area contributed by atoms with Crippen molar-refractivity contribution in [1.29, 1.82) is 0 Å². The van der Waals surface area contributed by atoms with E-state index in [4.69, 9.17) is 16.3 Å².